The van der Waals surface area contributed by atoms with Crippen LogP contribution in [0.2, 0.25) is 0 Å². The maximum Gasteiger partial charge on any atom is 0.164 e. The molecule has 0 atom stereocenters. The molecule has 1 aromatic carbocycles. The standard InChI is InChI=1S/C13H16BrFN4/c1-8(2)7-19-12(6-16)17-18-13(19)9-3-4-11(15)10(14)5-9/h3-5,8H,6-7,16H2,1-2H3. The highest BCUT2D eigenvalue weighted by Gasteiger charge is 2.14. The molecule has 2 rings (SSSR count). The normalized spacial score (nSPS) is 11.3. The molecular weight excluding hydrogens is 311 g/mol. The van der Waals surface area contributed by atoms with Crippen molar-refractivity contribution in [3.63, 3.8) is 0 Å². The van der Waals surface area contributed by atoms with Crippen molar-refractivity contribution in [1.82, 2.24) is 14.8 Å². The van der Waals surface area contributed by atoms with Gasteiger partial charge < -0.3 is 10.3 Å². The van der Waals surface area contributed by atoms with Gasteiger partial charge in [-0.3, -0.25) is 0 Å². The first-order valence-electron chi connectivity index (χ1n) is 6.10. The van der Waals surface area contributed by atoms with Gasteiger partial charge in [0.25, 0.3) is 0 Å². The summed E-state index contributed by atoms with van der Waals surface area (Å²) in [6, 6.07) is 4.81. The molecule has 0 spiro atoms. The first-order valence-corrected chi connectivity index (χ1v) is 6.89. The number of hydrogen-bond donors (Lipinski definition) is 1. The number of halogens is 2. The zero-order chi connectivity index (χ0) is 14.0. The van der Waals surface area contributed by atoms with Crippen molar-refractivity contribution in [2.75, 3.05) is 0 Å². The Hall–Kier alpha value is -1.27. The topological polar surface area (TPSA) is 56.7 Å². The lowest BCUT2D eigenvalue weighted by molar-refractivity contribution is 0.510. The minimum atomic E-state index is -0.294. The Kier molecular flexibility index (Phi) is 4.31. The van der Waals surface area contributed by atoms with Crippen LogP contribution in [0.15, 0.2) is 22.7 Å². The highest BCUT2D eigenvalue weighted by molar-refractivity contribution is 9.10. The first-order chi connectivity index (χ1) is 9.02. The average Bonchev–Trinajstić information content (AvgIpc) is 2.75. The third-order valence-electron chi connectivity index (χ3n) is 2.74. The first kappa shape index (κ1) is 14.1. The predicted molar refractivity (Wildman–Crippen MR) is 75.8 cm³/mol. The smallest absolute Gasteiger partial charge is 0.164 e. The molecule has 0 aliphatic carbocycles. The lowest BCUT2D eigenvalue weighted by Crippen LogP contribution is -2.13. The van der Waals surface area contributed by atoms with Crippen LogP contribution in [-0.2, 0) is 13.1 Å². The fraction of sp³-hybridized carbons (Fsp3) is 0.385. The van der Waals surface area contributed by atoms with Gasteiger partial charge in [-0.25, -0.2) is 4.39 Å². The Balaban J connectivity index is 2.48. The van der Waals surface area contributed by atoms with E-state index < -0.39 is 0 Å². The number of aromatic nitrogens is 3. The molecule has 4 nitrogen and oxygen atoms in total. The van der Waals surface area contributed by atoms with Crippen LogP contribution in [0.25, 0.3) is 11.4 Å². The number of rotatable bonds is 4. The van der Waals surface area contributed by atoms with Crippen molar-refractivity contribution in [1.29, 1.82) is 0 Å². The molecule has 102 valence electrons. The van der Waals surface area contributed by atoms with E-state index >= 15 is 0 Å². The SMILES string of the molecule is CC(C)Cn1c(CN)nnc1-c1ccc(F)c(Br)c1. The van der Waals surface area contributed by atoms with Gasteiger partial charge in [0.2, 0.25) is 0 Å². The van der Waals surface area contributed by atoms with Gasteiger partial charge in [0.15, 0.2) is 5.82 Å². The van der Waals surface area contributed by atoms with Gasteiger partial charge in [-0.1, -0.05) is 13.8 Å². The summed E-state index contributed by atoms with van der Waals surface area (Å²) in [6.45, 7) is 5.35. The van der Waals surface area contributed by atoms with E-state index in [0.717, 1.165) is 23.8 Å². The largest absolute Gasteiger partial charge is 0.324 e. The molecule has 1 heterocycles. The zero-order valence-electron chi connectivity index (χ0n) is 10.9. The Morgan fingerprint density at radius 1 is 1.37 bits per heavy atom. The molecule has 0 saturated carbocycles. The monoisotopic (exact) mass is 326 g/mol. The Morgan fingerprint density at radius 3 is 2.68 bits per heavy atom. The Morgan fingerprint density at radius 2 is 2.11 bits per heavy atom. The van der Waals surface area contributed by atoms with Crippen molar-refractivity contribution in [3.8, 4) is 11.4 Å². The van der Waals surface area contributed by atoms with E-state index in [1.165, 1.54) is 6.07 Å². The van der Waals surface area contributed by atoms with Crippen LogP contribution in [0.5, 0.6) is 0 Å². The second kappa shape index (κ2) is 5.79. The van der Waals surface area contributed by atoms with Gasteiger partial charge in [-0.2, -0.15) is 0 Å². The van der Waals surface area contributed by atoms with Gasteiger partial charge in [-0.05, 0) is 40.0 Å². The van der Waals surface area contributed by atoms with Crippen molar-refractivity contribution < 1.29 is 4.39 Å². The van der Waals surface area contributed by atoms with Gasteiger partial charge in [0, 0.05) is 12.1 Å². The molecule has 6 heteroatoms. The zero-order valence-corrected chi connectivity index (χ0v) is 12.5. The van der Waals surface area contributed by atoms with E-state index in [2.05, 4.69) is 40.0 Å². The molecule has 0 bridgehead atoms. The fourth-order valence-corrected chi connectivity index (χ4v) is 2.27. The maximum atomic E-state index is 13.3. The van der Waals surface area contributed by atoms with Crippen LogP contribution in [0.3, 0.4) is 0 Å². The predicted octanol–water partition coefficient (Wildman–Crippen LogP) is 2.96. The molecule has 0 aliphatic rings. The summed E-state index contributed by atoms with van der Waals surface area (Å²) in [6.07, 6.45) is 0. The van der Waals surface area contributed by atoms with Crippen LogP contribution in [-0.4, -0.2) is 14.8 Å². The molecule has 0 saturated heterocycles. The molecule has 19 heavy (non-hydrogen) atoms. The number of hydrogen-bond acceptors (Lipinski definition) is 3. The van der Waals surface area contributed by atoms with Crippen molar-refractivity contribution >= 4 is 15.9 Å². The minimum Gasteiger partial charge on any atom is -0.324 e. The van der Waals surface area contributed by atoms with Gasteiger partial charge in [-0.15, -0.1) is 10.2 Å². The molecular formula is C13H16BrFN4. The Labute approximate surface area is 120 Å². The molecule has 2 N–H and O–H groups in total. The number of benzene rings is 1. The summed E-state index contributed by atoms with van der Waals surface area (Å²) in [4.78, 5) is 0. The second-order valence-corrected chi connectivity index (χ2v) is 5.63. The highest BCUT2D eigenvalue weighted by atomic mass is 79.9. The van der Waals surface area contributed by atoms with Crippen LogP contribution in [0, 0.1) is 11.7 Å². The van der Waals surface area contributed by atoms with E-state index in [9.17, 15) is 4.39 Å². The third-order valence-corrected chi connectivity index (χ3v) is 3.34. The molecule has 0 amide bonds. The summed E-state index contributed by atoms with van der Waals surface area (Å²) >= 11 is 3.19. The summed E-state index contributed by atoms with van der Waals surface area (Å²) in [7, 11) is 0. The molecule has 0 fully saturated rings. The van der Waals surface area contributed by atoms with Crippen LogP contribution < -0.4 is 5.73 Å². The summed E-state index contributed by atoms with van der Waals surface area (Å²) in [5, 5.41) is 8.27. The van der Waals surface area contributed by atoms with Crippen LogP contribution in [0.1, 0.15) is 19.7 Å². The third kappa shape index (κ3) is 3.01. The van der Waals surface area contributed by atoms with E-state index in [1.54, 1.807) is 12.1 Å². The van der Waals surface area contributed by atoms with Crippen LogP contribution >= 0.6 is 15.9 Å². The second-order valence-electron chi connectivity index (χ2n) is 4.78. The van der Waals surface area contributed by atoms with Gasteiger partial charge in [0.1, 0.15) is 11.6 Å². The van der Waals surface area contributed by atoms with E-state index in [4.69, 9.17) is 5.73 Å². The Bertz CT molecular complexity index is 580. The molecule has 1 aromatic heterocycles. The molecule has 0 unspecified atom stereocenters. The van der Waals surface area contributed by atoms with Crippen molar-refractivity contribution in [3.05, 3.63) is 34.3 Å². The summed E-state index contributed by atoms with van der Waals surface area (Å²) < 4.78 is 15.7. The van der Waals surface area contributed by atoms with E-state index in [1.807, 2.05) is 4.57 Å². The lowest BCUT2D eigenvalue weighted by atomic mass is 10.2. The fourth-order valence-electron chi connectivity index (χ4n) is 1.89. The lowest BCUT2D eigenvalue weighted by Gasteiger charge is -2.12. The van der Waals surface area contributed by atoms with Crippen LogP contribution in [0.4, 0.5) is 4.39 Å². The van der Waals surface area contributed by atoms with Gasteiger partial charge in [0.05, 0.1) is 11.0 Å². The quantitative estimate of drug-likeness (QED) is 0.939. The maximum absolute atomic E-state index is 13.3. The molecule has 0 aliphatic heterocycles. The average molecular weight is 327 g/mol. The molecule has 0 radical (unpaired) electrons. The van der Waals surface area contributed by atoms with Crippen molar-refractivity contribution in [2.45, 2.75) is 26.9 Å². The van der Waals surface area contributed by atoms with Gasteiger partial charge >= 0.3 is 0 Å². The number of nitrogens with zero attached hydrogens (tertiary/aromatic N) is 3. The summed E-state index contributed by atoms with van der Waals surface area (Å²) in [5.74, 6) is 1.61. The summed E-state index contributed by atoms with van der Waals surface area (Å²) in [5.41, 5.74) is 6.50. The number of nitrogens with two attached hydrogens (primary N) is 1. The van der Waals surface area contributed by atoms with E-state index in [-0.39, 0.29) is 5.82 Å². The van der Waals surface area contributed by atoms with Crippen molar-refractivity contribution in [2.24, 2.45) is 11.7 Å². The highest BCUT2D eigenvalue weighted by Crippen LogP contribution is 2.25. The van der Waals surface area contributed by atoms with E-state index in [0.29, 0.717) is 16.9 Å². The minimum absolute atomic E-state index is 0.294. The molecule has 2 aromatic rings.